The maximum Gasteiger partial charge on any atom is 0.270 e. The molecule has 17 heavy (non-hydrogen) atoms. The number of pyridine rings is 1. The maximum absolute atomic E-state index is 11.9. The summed E-state index contributed by atoms with van der Waals surface area (Å²) >= 11 is 0. The lowest BCUT2D eigenvalue weighted by molar-refractivity contribution is 0.0923. The highest BCUT2D eigenvalue weighted by atomic mass is 16.3. The molecule has 0 bridgehead atoms. The molecule has 0 saturated heterocycles. The first-order valence-corrected chi connectivity index (χ1v) is 5.93. The van der Waals surface area contributed by atoms with Gasteiger partial charge in [-0.1, -0.05) is 6.92 Å². The highest BCUT2D eigenvalue weighted by Crippen LogP contribution is 2.05. The SMILES string of the molecule is CCC(CCO)NC(=O)c1cc(C)cc(C)n1. The number of carbonyl (C=O) groups excluding carboxylic acids is 1. The number of carbonyl (C=O) groups is 1. The zero-order valence-electron chi connectivity index (χ0n) is 10.7. The second-order valence-electron chi connectivity index (χ2n) is 4.26. The summed E-state index contributed by atoms with van der Waals surface area (Å²) in [5, 5.41) is 11.7. The van der Waals surface area contributed by atoms with Gasteiger partial charge in [0, 0.05) is 18.3 Å². The summed E-state index contributed by atoms with van der Waals surface area (Å²) in [4.78, 5) is 16.1. The monoisotopic (exact) mass is 236 g/mol. The molecule has 0 aliphatic heterocycles. The second-order valence-corrected chi connectivity index (χ2v) is 4.26. The minimum atomic E-state index is -0.169. The van der Waals surface area contributed by atoms with Crippen LogP contribution in [0.4, 0.5) is 0 Å². The van der Waals surface area contributed by atoms with E-state index in [9.17, 15) is 4.79 Å². The summed E-state index contributed by atoms with van der Waals surface area (Å²) in [6, 6.07) is 3.71. The first kappa shape index (κ1) is 13.6. The molecule has 1 aromatic heterocycles. The van der Waals surface area contributed by atoms with Crippen molar-refractivity contribution in [2.45, 2.75) is 39.7 Å². The molecule has 0 saturated carbocycles. The number of nitrogens with zero attached hydrogens (tertiary/aromatic N) is 1. The Hall–Kier alpha value is -1.42. The van der Waals surface area contributed by atoms with Crippen molar-refractivity contribution in [1.82, 2.24) is 10.3 Å². The third kappa shape index (κ3) is 4.15. The van der Waals surface area contributed by atoms with E-state index in [0.29, 0.717) is 12.1 Å². The predicted molar refractivity (Wildman–Crippen MR) is 67.0 cm³/mol. The van der Waals surface area contributed by atoms with Crippen LogP contribution in [0.1, 0.15) is 41.5 Å². The minimum absolute atomic E-state index is 0.00937. The van der Waals surface area contributed by atoms with Gasteiger partial charge in [0.25, 0.3) is 5.91 Å². The molecule has 4 nitrogen and oxygen atoms in total. The highest BCUT2D eigenvalue weighted by Gasteiger charge is 2.13. The molecule has 0 radical (unpaired) electrons. The third-order valence-corrected chi connectivity index (χ3v) is 2.64. The van der Waals surface area contributed by atoms with Gasteiger partial charge in [0.1, 0.15) is 5.69 Å². The van der Waals surface area contributed by atoms with Crippen molar-refractivity contribution in [3.05, 3.63) is 29.1 Å². The summed E-state index contributed by atoms with van der Waals surface area (Å²) in [6.45, 7) is 5.87. The Morgan fingerprint density at radius 2 is 2.18 bits per heavy atom. The molecule has 0 fully saturated rings. The van der Waals surface area contributed by atoms with Crippen molar-refractivity contribution in [2.24, 2.45) is 0 Å². The van der Waals surface area contributed by atoms with E-state index in [1.165, 1.54) is 0 Å². The molecule has 1 unspecified atom stereocenters. The number of aryl methyl sites for hydroxylation is 2. The van der Waals surface area contributed by atoms with Crippen LogP contribution in [0.2, 0.25) is 0 Å². The Bertz CT molecular complexity index is 371. The third-order valence-electron chi connectivity index (χ3n) is 2.64. The normalized spacial score (nSPS) is 12.2. The van der Waals surface area contributed by atoms with Crippen molar-refractivity contribution in [3.8, 4) is 0 Å². The topological polar surface area (TPSA) is 62.2 Å². The van der Waals surface area contributed by atoms with E-state index in [2.05, 4.69) is 10.3 Å². The van der Waals surface area contributed by atoms with Crippen LogP contribution in [-0.2, 0) is 0 Å². The van der Waals surface area contributed by atoms with E-state index in [1.807, 2.05) is 26.8 Å². The molecule has 1 aromatic rings. The standard InChI is InChI=1S/C13H20N2O2/c1-4-11(5-6-16)15-13(17)12-8-9(2)7-10(3)14-12/h7-8,11,16H,4-6H2,1-3H3,(H,15,17). The van der Waals surface area contributed by atoms with Crippen LogP contribution in [0.3, 0.4) is 0 Å². The highest BCUT2D eigenvalue weighted by molar-refractivity contribution is 5.92. The van der Waals surface area contributed by atoms with Gasteiger partial charge < -0.3 is 10.4 Å². The Morgan fingerprint density at radius 1 is 1.47 bits per heavy atom. The van der Waals surface area contributed by atoms with Gasteiger partial charge in [-0.15, -0.1) is 0 Å². The molecule has 2 N–H and O–H groups in total. The lowest BCUT2D eigenvalue weighted by atomic mass is 10.1. The minimum Gasteiger partial charge on any atom is -0.396 e. The van der Waals surface area contributed by atoms with Gasteiger partial charge in [-0.3, -0.25) is 4.79 Å². The van der Waals surface area contributed by atoms with E-state index >= 15 is 0 Å². The van der Waals surface area contributed by atoms with Crippen molar-refractivity contribution >= 4 is 5.91 Å². The van der Waals surface area contributed by atoms with Crippen LogP contribution in [0.15, 0.2) is 12.1 Å². The molecule has 1 rings (SSSR count). The number of aliphatic hydroxyl groups excluding tert-OH is 1. The van der Waals surface area contributed by atoms with Gasteiger partial charge in [-0.05, 0) is 44.4 Å². The van der Waals surface area contributed by atoms with Gasteiger partial charge in [0.05, 0.1) is 0 Å². The van der Waals surface area contributed by atoms with Crippen molar-refractivity contribution in [1.29, 1.82) is 0 Å². The number of aliphatic hydroxyl groups is 1. The predicted octanol–water partition coefficient (Wildman–Crippen LogP) is 1.59. The number of hydrogen-bond donors (Lipinski definition) is 2. The fraction of sp³-hybridized carbons (Fsp3) is 0.538. The summed E-state index contributed by atoms with van der Waals surface area (Å²) in [5.74, 6) is -0.169. The smallest absolute Gasteiger partial charge is 0.270 e. The Morgan fingerprint density at radius 3 is 2.71 bits per heavy atom. The Balaban J connectivity index is 2.75. The number of rotatable bonds is 5. The molecule has 4 heteroatoms. The summed E-state index contributed by atoms with van der Waals surface area (Å²) in [6.07, 6.45) is 1.38. The zero-order valence-corrected chi connectivity index (χ0v) is 10.7. The average Bonchev–Trinajstić information content (AvgIpc) is 2.27. The van der Waals surface area contributed by atoms with Gasteiger partial charge in [0.15, 0.2) is 0 Å². The van der Waals surface area contributed by atoms with Crippen LogP contribution in [0.5, 0.6) is 0 Å². The molecule has 0 aromatic carbocycles. The number of hydrogen-bond acceptors (Lipinski definition) is 3. The molecule has 94 valence electrons. The number of aromatic nitrogens is 1. The van der Waals surface area contributed by atoms with Crippen molar-refractivity contribution in [2.75, 3.05) is 6.61 Å². The van der Waals surface area contributed by atoms with E-state index in [1.54, 1.807) is 6.07 Å². The van der Waals surface area contributed by atoms with Crippen LogP contribution < -0.4 is 5.32 Å². The van der Waals surface area contributed by atoms with Gasteiger partial charge in [0.2, 0.25) is 0 Å². The average molecular weight is 236 g/mol. The first-order chi connectivity index (χ1) is 8.06. The van der Waals surface area contributed by atoms with E-state index in [4.69, 9.17) is 5.11 Å². The maximum atomic E-state index is 11.9. The van der Waals surface area contributed by atoms with E-state index in [0.717, 1.165) is 17.7 Å². The molecule has 1 atom stereocenters. The molecule has 0 aliphatic carbocycles. The van der Waals surface area contributed by atoms with Gasteiger partial charge >= 0.3 is 0 Å². The van der Waals surface area contributed by atoms with Gasteiger partial charge in [-0.25, -0.2) is 4.98 Å². The van der Waals surface area contributed by atoms with E-state index < -0.39 is 0 Å². The molecule has 1 amide bonds. The lowest BCUT2D eigenvalue weighted by Gasteiger charge is -2.15. The summed E-state index contributed by atoms with van der Waals surface area (Å²) < 4.78 is 0. The molecular weight excluding hydrogens is 216 g/mol. The van der Waals surface area contributed by atoms with Crippen LogP contribution in [0.25, 0.3) is 0 Å². The first-order valence-electron chi connectivity index (χ1n) is 5.93. The summed E-state index contributed by atoms with van der Waals surface area (Å²) in [5.41, 5.74) is 2.31. The summed E-state index contributed by atoms with van der Waals surface area (Å²) in [7, 11) is 0. The van der Waals surface area contributed by atoms with Crippen molar-refractivity contribution < 1.29 is 9.90 Å². The van der Waals surface area contributed by atoms with Crippen LogP contribution in [0, 0.1) is 13.8 Å². The van der Waals surface area contributed by atoms with Crippen molar-refractivity contribution in [3.63, 3.8) is 0 Å². The van der Waals surface area contributed by atoms with Crippen LogP contribution >= 0.6 is 0 Å². The quantitative estimate of drug-likeness (QED) is 0.816. The second kappa shape index (κ2) is 6.35. The zero-order chi connectivity index (χ0) is 12.8. The fourth-order valence-electron chi connectivity index (χ4n) is 1.75. The van der Waals surface area contributed by atoms with Crippen LogP contribution in [-0.4, -0.2) is 28.6 Å². The Labute approximate surface area is 102 Å². The Kier molecular flexibility index (Phi) is 5.10. The number of amides is 1. The largest absolute Gasteiger partial charge is 0.396 e. The lowest BCUT2D eigenvalue weighted by Crippen LogP contribution is -2.35. The molecule has 0 aliphatic rings. The molecular formula is C13H20N2O2. The van der Waals surface area contributed by atoms with E-state index in [-0.39, 0.29) is 18.6 Å². The fourth-order valence-corrected chi connectivity index (χ4v) is 1.75. The number of nitrogens with one attached hydrogen (secondary N) is 1. The van der Waals surface area contributed by atoms with Gasteiger partial charge in [-0.2, -0.15) is 0 Å². The molecule has 1 heterocycles. The molecule has 0 spiro atoms.